The molecular formula is C42H36BN3. The van der Waals surface area contributed by atoms with Gasteiger partial charge in [-0.25, -0.2) is 0 Å². The minimum atomic E-state index is 0.175. The summed E-state index contributed by atoms with van der Waals surface area (Å²) in [7, 11) is 0. The highest BCUT2D eigenvalue weighted by Crippen LogP contribution is 2.48. The Balaban J connectivity index is 1.37. The Morgan fingerprint density at radius 3 is 2.20 bits per heavy atom. The molecule has 3 aliphatic carbocycles. The molecule has 1 atom stereocenters. The first-order valence-corrected chi connectivity index (χ1v) is 16.7. The van der Waals surface area contributed by atoms with E-state index in [2.05, 4.69) is 166 Å². The van der Waals surface area contributed by atoms with Crippen molar-refractivity contribution in [3.05, 3.63) is 169 Å². The topological polar surface area (TPSA) is 9.72 Å². The summed E-state index contributed by atoms with van der Waals surface area (Å²) in [5.74, 6) is 0. The lowest BCUT2D eigenvalue weighted by molar-refractivity contribution is 0.785. The van der Waals surface area contributed by atoms with E-state index in [1.54, 1.807) is 0 Å². The van der Waals surface area contributed by atoms with Crippen LogP contribution in [0.15, 0.2) is 169 Å². The van der Waals surface area contributed by atoms with E-state index in [0.29, 0.717) is 0 Å². The second-order valence-corrected chi connectivity index (χ2v) is 12.7. The normalized spacial score (nSPS) is 19.1. The van der Waals surface area contributed by atoms with Crippen LogP contribution >= 0.6 is 0 Å². The Labute approximate surface area is 272 Å². The van der Waals surface area contributed by atoms with E-state index in [0.717, 1.165) is 32.1 Å². The van der Waals surface area contributed by atoms with Crippen molar-refractivity contribution in [3.63, 3.8) is 0 Å². The smallest absolute Gasteiger partial charge is 0.251 e. The second kappa shape index (κ2) is 11.3. The van der Waals surface area contributed by atoms with Crippen molar-refractivity contribution in [2.75, 3.05) is 14.7 Å². The van der Waals surface area contributed by atoms with Crippen LogP contribution in [0, 0.1) is 0 Å². The molecule has 0 saturated heterocycles. The summed E-state index contributed by atoms with van der Waals surface area (Å²) >= 11 is 0. The van der Waals surface area contributed by atoms with E-state index < -0.39 is 0 Å². The third kappa shape index (κ3) is 4.35. The first kappa shape index (κ1) is 27.1. The molecular weight excluding hydrogens is 557 g/mol. The second-order valence-electron chi connectivity index (χ2n) is 12.7. The fourth-order valence-electron chi connectivity index (χ4n) is 8.07. The van der Waals surface area contributed by atoms with E-state index in [4.69, 9.17) is 0 Å². The molecule has 0 spiro atoms. The van der Waals surface area contributed by atoms with E-state index in [1.165, 1.54) is 61.9 Å². The number of hydrogen-bond acceptors (Lipinski definition) is 3. The van der Waals surface area contributed by atoms with Crippen molar-refractivity contribution in [2.24, 2.45) is 0 Å². The van der Waals surface area contributed by atoms with Gasteiger partial charge in [0.2, 0.25) is 0 Å². The van der Waals surface area contributed by atoms with Gasteiger partial charge in [-0.05, 0) is 97.0 Å². The molecule has 0 bridgehead atoms. The zero-order chi connectivity index (χ0) is 30.5. The van der Waals surface area contributed by atoms with Crippen LogP contribution in [0.2, 0.25) is 0 Å². The van der Waals surface area contributed by atoms with Crippen molar-refractivity contribution in [2.45, 2.75) is 38.1 Å². The maximum Gasteiger partial charge on any atom is 0.251 e. The van der Waals surface area contributed by atoms with Crippen molar-refractivity contribution < 1.29 is 0 Å². The average molecular weight is 594 g/mol. The van der Waals surface area contributed by atoms with Crippen LogP contribution in [0.25, 0.3) is 0 Å². The first-order chi connectivity index (χ1) is 22.9. The van der Waals surface area contributed by atoms with Crippen LogP contribution in [0.1, 0.15) is 32.1 Å². The molecule has 1 unspecified atom stereocenters. The van der Waals surface area contributed by atoms with Crippen LogP contribution in [0.4, 0.5) is 34.1 Å². The molecule has 2 heterocycles. The van der Waals surface area contributed by atoms with Gasteiger partial charge in [0, 0.05) is 45.5 Å². The van der Waals surface area contributed by atoms with Crippen LogP contribution in [-0.4, -0.2) is 12.8 Å². The number of benzene rings is 4. The highest BCUT2D eigenvalue weighted by atomic mass is 15.2. The fraction of sp³-hybridized carbons (Fsp3) is 0.143. The van der Waals surface area contributed by atoms with Crippen LogP contribution in [-0.2, 0) is 0 Å². The summed E-state index contributed by atoms with van der Waals surface area (Å²) in [6, 6.07) is 36.2. The van der Waals surface area contributed by atoms with Gasteiger partial charge in [0.15, 0.2) is 0 Å². The molecule has 222 valence electrons. The van der Waals surface area contributed by atoms with Crippen LogP contribution in [0.5, 0.6) is 0 Å². The Hall–Kier alpha value is -5.22. The van der Waals surface area contributed by atoms with Gasteiger partial charge in [-0.1, -0.05) is 103 Å². The highest BCUT2D eigenvalue weighted by molar-refractivity contribution is 6.95. The van der Waals surface area contributed by atoms with Crippen LogP contribution in [0.3, 0.4) is 0 Å². The number of fused-ring (bicyclic) bond motifs is 3. The molecule has 4 aromatic carbocycles. The SMILES string of the molecule is C1=CCC(N(c2ccccc2)c2cc3c4c(c2)N(C2=CCCC=C2)c2ccccc2B4C2=C(CCC=C2)N3c2ccccc2)C=C1. The number of para-hydroxylation sites is 3. The summed E-state index contributed by atoms with van der Waals surface area (Å²) in [4.78, 5) is 7.67. The van der Waals surface area contributed by atoms with Crippen molar-refractivity contribution >= 4 is 51.8 Å². The molecule has 0 N–H and O–H groups in total. The third-order valence-electron chi connectivity index (χ3n) is 9.99. The van der Waals surface area contributed by atoms with Gasteiger partial charge in [0.25, 0.3) is 6.71 Å². The van der Waals surface area contributed by atoms with Crippen LogP contribution < -0.4 is 25.6 Å². The zero-order valence-electron chi connectivity index (χ0n) is 26.0. The summed E-state index contributed by atoms with van der Waals surface area (Å²) in [5, 5.41) is 0. The number of allylic oxidation sites excluding steroid dienone is 9. The predicted octanol–water partition coefficient (Wildman–Crippen LogP) is 9.30. The number of anilines is 6. The monoisotopic (exact) mass is 593 g/mol. The van der Waals surface area contributed by atoms with E-state index in [1.807, 2.05) is 0 Å². The summed E-state index contributed by atoms with van der Waals surface area (Å²) < 4.78 is 0. The van der Waals surface area contributed by atoms with Crippen molar-refractivity contribution in [1.82, 2.24) is 0 Å². The summed E-state index contributed by atoms with van der Waals surface area (Å²) in [6.45, 7) is 0.175. The molecule has 0 fully saturated rings. The molecule has 2 aliphatic heterocycles. The fourth-order valence-corrected chi connectivity index (χ4v) is 8.07. The zero-order valence-corrected chi connectivity index (χ0v) is 26.0. The standard InChI is InChI=1S/C42H36BN3/c1-5-17-31(18-6-1)44(32-19-7-2-8-20-32)35-29-40-42-41(30-35)46(34-23-11-4-12-24-34)39-28-16-14-26-37(39)43(42)36-25-13-15-27-38(36)45(40)33-21-9-3-10-22-33/h1-3,5-11,13-14,16-19,21-26,28-30,32H,4,12,15,20,27H2. The molecule has 3 nitrogen and oxygen atoms in total. The molecule has 0 radical (unpaired) electrons. The number of rotatable bonds is 5. The molecule has 4 aromatic rings. The minimum Gasteiger partial charge on any atom is -0.334 e. The molecule has 0 saturated carbocycles. The Morgan fingerprint density at radius 2 is 1.41 bits per heavy atom. The van der Waals surface area contributed by atoms with E-state index >= 15 is 0 Å². The third-order valence-corrected chi connectivity index (χ3v) is 9.99. The van der Waals surface area contributed by atoms with Crippen molar-refractivity contribution in [1.29, 1.82) is 0 Å². The molecule has 0 aromatic heterocycles. The summed E-state index contributed by atoms with van der Waals surface area (Å²) in [5.41, 5.74) is 14.4. The molecule has 9 rings (SSSR count). The Morgan fingerprint density at radius 1 is 0.652 bits per heavy atom. The van der Waals surface area contributed by atoms with E-state index in [9.17, 15) is 0 Å². The predicted molar refractivity (Wildman–Crippen MR) is 196 cm³/mol. The molecule has 46 heavy (non-hydrogen) atoms. The van der Waals surface area contributed by atoms with Gasteiger partial charge in [0.1, 0.15) is 0 Å². The van der Waals surface area contributed by atoms with Crippen molar-refractivity contribution in [3.8, 4) is 0 Å². The minimum absolute atomic E-state index is 0.175. The van der Waals surface area contributed by atoms with Gasteiger partial charge in [-0.15, -0.1) is 0 Å². The maximum atomic E-state index is 2.58. The lowest BCUT2D eigenvalue weighted by Crippen LogP contribution is -2.56. The number of nitrogens with zero attached hydrogens (tertiary/aromatic N) is 3. The largest absolute Gasteiger partial charge is 0.334 e. The summed E-state index contributed by atoms with van der Waals surface area (Å²) in [6.07, 6.45) is 26.1. The van der Waals surface area contributed by atoms with Gasteiger partial charge in [0.05, 0.1) is 6.04 Å². The quantitative estimate of drug-likeness (QED) is 0.214. The average Bonchev–Trinajstić information content (AvgIpc) is 3.13. The van der Waals surface area contributed by atoms with E-state index in [-0.39, 0.29) is 12.8 Å². The first-order valence-electron chi connectivity index (χ1n) is 16.7. The molecule has 0 amide bonds. The maximum absolute atomic E-state index is 2.58. The molecule has 5 aliphatic rings. The highest BCUT2D eigenvalue weighted by Gasteiger charge is 2.44. The molecule has 4 heteroatoms. The number of hydrogen-bond donors (Lipinski definition) is 0. The Kier molecular flexibility index (Phi) is 6.66. The van der Waals surface area contributed by atoms with Gasteiger partial charge < -0.3 is 14.7 Å². The van der Waals surface area contributed by atoms with Gasteiger partial charge >= 0.3 is 0 Å². The lowest BCUT2D eigenvalue weighted by Gasteiger charge is -2.46. The van der Waals surface area contributed by atoms with Gasteiger partial charge in [-0.2, -0.15) is 0 Å². The Bertz CT molecular complexity index is 2000. The lowest BCUT2D eigenvalue weighted by atomic mass is 9.32. The van der Waals surface area contributed by atoms with Gasteiger partial charge in [-0.3, -0.25) is 0 Å².